The van der Waals surface area contributed by atoms with Gasteiger partial charge in [0.2, 0.25) is 0 Å². The van der Waals surface area contributed by atoms with Crippen LogP contribution in [0.4, 0.5) is 20.6 Å². The molecule has 7 heteroatoms. The van der Waals surface area contributed by atoms with Crippen molar-refractivity contribution in [1.82, 2.24) is 0 Å². The van der Waals surface area contributed by atoms with Crippen LogP contribution in [-0.4, -0.2) is 17.1 Å². The lowest BCUT2D eigenvalue weighted by molar-refractivity contribution is 0.0697. The smallest absolute Gasteiger partial charge is 0.335 e. The van der Waals surface area contributed by atoms with Crippen LogP contribution in [-0.2, 0) is 0 Å². The molecule has 21 heavy (non-hydrogen) atoms. The molecular formula is C14H10BrFN2O3. The summed E-state index contributed by atoms with van der Waals surface area (Å²) in [5.74, 6) is -1.62. The Hall–Kier alpha value is -2.41. The first-order chi connectivity index (χ1) is 9.97. The van der Waals surface area contributed by atoms with Crippen molar-refractivity contribution in [3.05, 3.63) is 58.3 Å². The number of aromatic carboxylic acids is 1. The van der Waals surface area contributed by atoms with Crippen LogP contribution < -0.4 is 10.6 Å². The normalized spacial score (nSPS) is 10.0. The number of hydrogen-bond donors (Lipinski definition) is 3. The zero-order valence-electron chi connectivity index (χ0n) is 10.6. The summed E-state index contributed by atoms with van der Waals surface area (Å²) in [6.45, 7) is 0. The van der Waals surface area contributed by atoms with Gasteiger partial charge in [0, 0.05) is 4.47 Å². The maximum absolute atomic E-state index is 13.4. The van der Waals surface area contributed by atoms with Crippen molar-refractivity contribution < 1.29 is 19.1 Å². The van der Waals surface area contributed by atoms with Crippen LogP contribution in [0.2, 0.25) is 0 Å². The Balaban J connectivity index is 2.10. The standard InChI is InChI=1S/C14H10BrFN2O3/c15-9-7-8(13(19)20)5-6-11(9)17-14(21)18-12-4-2-1-3-10(12)16/h1-7H,(H,19,20)(H2,17,18,21). The Bertz CT molecular complexity index is 706. The second-order valence-corrected chi connectivity index (χ2v) is 4.91. The van der Waals surface area contributed by atoms with Gasteiger partial charge >= 0.3 is 12.0 Å². The fraction of sp³-hybridized carbons (Fsp3) is 0. The maximum Gasteiger partial charge on any atom is 0.335 e. The van der Waals surface area contributed by atoms with Crippen molar-refractivity contribution in [2.45, 2.75) is 0 Å². The number of hydrogen-bond acceptors (Lipinski definition) is 2. The van der Waals surface area contributed by atoms with Crippen LogP contribution in [0.15, 0.2) is 46.9 Å². The van der Waals surface area contributed by atoms with Crippen molar-refractivity contribution in [2.24, 2.45) is 0 Å². The minimum absolute atomic E-state index is 0.0493. The first-order valence-electron chi connectivity index (χ1n) is 5.83. The highest BCUT2D eigenvalue weighted by atomic mass is 79.9. The molecule has 0 saturated carbocycles. The topological polar surface area (TPSA) is 78.4 Å². The summed E-state index contributed by atoms with van der Waals surface area (Å²) in [5, 5.41) is 13.7. The molecule has 0 saturated heterocycles. The zero-order chi connectivity index (χ0) is 15.4. The number of carboxylic acids is 1. The van der Waals surface area contributed by atoms with Gasteiger partial charge in [-0.25, -0.2) is 14.0 Å². The second kappa shape index (κ2) is 6.36. The van der Waals surface area contributed by atoms with E-state index in [-0.39, 0.29) is 11.3 Å². The van der Waals surface area contributed by atoms with E-state index in [1.165, 1.54) is 36.4 Å². The van der Waals surface area contributed by atoms with E-state index in [4.69, 9.17) is 5.11 Å². The molecule has 0 unspecified atom stereocenters. The number of amides is 2. The van der Waals surface area contributed by atoms with Gasteiger partial charge < -0.3 is 15.7 Å². The molecule has 2 rings (SSSR count). The number of carbonyl (C=O) groups is 2. The van der Waals surface area contributed by atoms with Gasteiger partial charge in [-0.05, 0) is 46.3 Å². The van der Waals surface area contributed by atoms with E-state index in [1.807, 2.05) is 0 Å². The monoisotopic (exact) mass is 352 g/mol. The highest BCUT2D eigenvalue weighted by molar-refractivity contribution is 9.10. The Morgan fingerprint density at radius 2 is 1.71 bits per heavy atom. The van der Waals surface area contributed by atoms with Crippen molar-refractivity contribution in [2.75, 3.05) is 10.6 Å². The molecule has 3 N–H and O–H groups in total. The van der Waals surface area contributed by atoms with Gasteiger partial charge in [-0.2, -0.15) is 0 Å². The minimum Gasteiger partial charge on any atom is -0.478 e. The molecule has 0 spiro atoms. The van der Waals surface area contributed by atoms with E-state index < -0.39 is 17.8 Å². The summed E-state index contributed by atoms with van der Waals surface area (Å²) in [7, 11) is 0. The summed E-state index contributed by atoms with van der Waals surface area (Å²) >= 11 is 3.16. The number of para-hydroxylation sites is 1. The van der Waals surface area contributed by atoms with Crippen LogP contribution in [0.25, 0.3) is 0 Å². The fourth-order valence-corrected chi connectivity index (χ4v) is 2.07. The summed E-state index contributed by atoms with van der Waals surface area (Å²) in [6, 6.07) is 9.28. The molecule has 0 atom stereocenters. The molecule has 0 heterocycles. The molecule has 0 aliphatic heterocycles. The lowest BCUT2D eigenvalue weighted by atomic mass is 10.2. The van der Waals surface area contributed by atoms with E-state index in [0.717, 1.165) is 0 Å². The van der Waals surface area contributed by atoms with Crippen LogP contribution >= 0.6 is 15.9 Å². The van der Waals surface area contributed by atoms with Crippen LogP contribution in [0.5, 0.6) is 0 Å². The summed E-state index contributed by atoms with van der Waals surface area (Å²) in [5.41, 5.74) is 0.504. The van der Waals surface area contributed by atoms with E-state index in [2.05, 4.69) is 26.6 Å². The molecule has 0 aliphatic rings. The number of anilines is 2. The van der Waals surface area contributed by atoms with Gasteiger partial charge in [-0.15, -0.1) is 0 Å². The highest BCUT2D eigenvalue weighted by Gasteiger charge is 2.10. The number of nitrogens with one attached hydrogen (secondary N) is 2. The van der Waals surface area contributed by atoms with E-state index in [0.29, 0.717) is 10.2 Å². The van der Waals surface area contributed by atoms with E-state index in [9.17, 15) is 14.0 Å². The molecule has 0 bridgehead atoms. The van der Waals surface area contributed by atoms with Gasteiger partial charge in [0.05, 0.1) is 16.9 Å². The lowest BCUT2D eigenvalue weighted by Crippen LogP contribution is -2.20. The first-order valence-corrected chi connectivity index (χ1v) is 6.62. The molecule has 0 aliphatic carbocycles. The van der Waals surface area contributed by atoms with Crippen LogP contribution in [0, 0.1) is 5.82 Å². The first kappa shape index (κ1) is 15.0. The van der Waals surface area contributed by atoms with Gasteiger partial charge in [-0.1, -0.05) is 12.1 Å². The number of rotatable bonds is 3. The Kier molecular flexibility index (Phi) is 4.54. The molecule has 108 valence electrons. The Labute approximate surface area is 127 Å². The Morgan fingerprint density at radius 3 is 2.33 bits per heavy atom. The summed E-state index contributed by atoms with van der Waals surface area (Å²) < 4.78 is 13.8. The quantitative estimate of drug-likeness (QED) is 0.782. The number of halogens is 2. The number of carboxylic acid groups (broad SMARTS) is 1. The van der Waals surface area contributed by atoms with E-state index >= 15 is 0 Å². The van der Waals surface area contributed by atoms with Crippen LogP contribution in [0.3, 0.4) is 0 Å². The molecule has 0 fully saturated rings. The largest absolute Gasteiger partial charge is 0.478 e. The second-order valence-electron chi connectivity index (χ2n) is 4.06. The predicted molar refractivity (Wildman–Crippen MR) is 80.1 cm³/mol. The molecule has 2 aromatic rings. The van der Waals surface area contributed by atoms with Gasteiger partial charge in [0.15, 0.2) is 0 Å². The molecular weight excluding hydrogens is 343 g/mol. The van der Waals surface area contributed by atoms with Crippen LogP contribution in [0.1, 0.15) is 10.4 Å². The number of carbonyl (C=O) groups excluding carboxylic acids is 1. The summed E-state index contributed by atoms with van der Waals surface area (Å²) in [6.07, 6.45) is 0. The zero-order valence-corrected chi connectivity index (χ0v) is 12.1. The third-order valence-corrected chi connectivity index (χ3v) is 3.24. The number of benzene rings is 2. The SMILES string of the molecule is O=C(Nc1ccccc1F)Nc1ccc(C(=O)O)cc1Br. The van der Waals surface area contributed by atoms with Gasteiger partial charge in [0.1, 0.15) is 5.82 Å². The highest BCUT2D eigenvalue weighted by Crippen LogP contribution is 2.24. The summed E-state index contributed by atoms with van der Waals surface area (Å²) in [4.78, 5) is 22.6. The number of urea groups is 1. The molecule has 0 radical (unpaired) electrons. The van der Waals surface area contributed by atoms with Crippen molar-refractivity contribution >= 4 is 39.3 Å². The van der Waals surface area contributed by atoms with Gasteiger partial charge in [-0.3, -0.25) is 0 Å². The van der Waals surface area contributed by atoms with E-state index in [1.54, 1.807) is 6.07 Å². The van der Waals surface area contributed by atoms with Gasteiger partial charge in [0.25, 0.3) is 0 Å². The van der Waals surface area contributed by atoms with Crippen molar-refractivity contribution in [3.8, 4) is 0 Å². The van der Waals surface area contributed by atoms with Crippen molar-refractivity contribution in [1.29, 1.82) is 0 Å². The molecule has 2 amide bonds. The minimum atomic E-state index is -1.07. The fourth-order valence-electron chi connectivity index (χ4n) is 1.59. The molecule has 2 aromatic carbocycles. The third-order valence-electron chi connectivity index (χ3n) is 2.59. The van der Waals surface area contributed by atoms with Crippen molar-refractivity contribution in [3.63, 3.8) is 0 Å². The average Bonchev–Trinajstić information content (AvgIpc) is 2.43. The predicted octanol–water partition coefficient (Wildman–Crippen LogP) is 3.93. The Morgan fingerprint density at radius 1 is 1.05 bits per heavy atom. The lowest BCUT2D eigenvalue weighted by Gasteiger charge is -2.10. The third kappa shape index (κ3) is 3.79. The molecule has 0 aromatic heterocycles. The maximum atomic E-state index is 13.4. The molecule has 5 nitrogen and oxygen atoms in total. The average molecular weight is 353 g/mol.